The lowest BCUT2D eigenvalue weighted by Gasteiger charge is -2.48. The van der Waals surface area contributed by atoms with Crippen LogP contribution in [-0.4, -0.2) is 224 Å². The normalized spacial score (nSPS) is 23.5. The van der Waals surface area contributed by atoms with E-state index in [-0.39, 0.29) is 125 Å². The topological polar surface area (TPSA) is 423 Å². The van der Waals surface area contributed by atoms with Gasteiger partial charge in [0.15, 0.2) is 18.1 Å². The zero-order chi connectivity index (χ0) is 73.5. The van der Waals surface area contributed by atoms with Crippen molar-refractivity contribution >= 4 is 121 Å². The van der Waals surface area contributed by atoms with Crippen molar-refractivity contribution in [2.45, 2.75) is 108 Å². The maximum absolute atomic E-state index is 15.3. The van der Waals surface area contributed by atoms with Crippen LogP contribution in [-0.2, 0) is 56.0 Å². The molecular weight excluding hydrogens is 1440 g/mol. The summed E-state index contributed by atoms with van der Waals surface area (Å²) in [4.78, 5) is 153. The van der Waals surface area contributed by atoms with E-state index in [4.69, 9.17) is 48.2 Å². The number of aliphatic hydroxyl groups is 2. The first-order chi connectivity index (χ1) is 49.2. The van der Waals surface area contributed by atoms with Gasteiger partial charge in [0.25, 0.3) is 23.6 Å². The fourth-order valence-corrected chi connectivity index (χ4v) is 16.6. The summed E-state index contributed by atoms with van der Waals surface area (Å²) in [6.45, 7) is 4.88. The Morgan fingerprint density at radius 1 is 0.806 bits per heavy atom. The Hall–Kier alpha value is -9.32. The number of cyclic esters (lactones) is 2. The monoisotopic (exact) mass is 1510 g/mol. The minimum atomic E-state index is -1.88. The number of aromatic nitrogens is 7. The molecule has 11 heterocycles. The van der Waals surface area contributed by atoms with Crippen molar-refractivity contribution in [3.05, 3.63) is 112 Å². The third-order valence-corrected chi connectivity index (χ3v) is 21.6. The van der Waals surface area contributed by atoms with Crippen LogP contribution in [0.5, 0.6) is 5.75 Å². The van der Waals surface area contributed by atoms with Gasteiger partial charge in [-0.1, -0.05) is 12.1 Å². The number of rotatable bonds is 13. The second kappa shape index (κ2) is 30.6. The highest BCUT2D eigenvalue weighted by Gasteiger charge is 2.50. The molecule has 33 nitrogen and oxygen atoms in total. The molecule has 8 aromatic rings. The van der Waals surface area contributed by atoms with E-state index in [2.05, 4.69) is 46.9 Å². The van der Waals surface area contributed by atoms with Gasteiger partial charge in [-0.3, -0.25) is 28.8 Å². The number of hydrogen-bond donors (Lipinski definition) is 9. The minimum absolute atomic E-state index is 0.000857. The van der Waals surface area contributed by atoms with Crippen LogP contribution in [0.25, 0.3) is 49.3 Å². The van der Waals surface area contributed by atoms with Crippen molar-refractivity contribution in [2.75, 3.05) is 68.7 Å². The lowest BCUT2D eigenvalue weighted by molar-refractivity contribution is -0.280. The van der Waals surface area contributed by atoms with Gasteiger partial charge in [0.1, 0.15) is 127 Å². The Morgan fingerprint density at radius 3 is 2.19 bits per heavy atom. The number of carbonyl (C=O) groups excluding carboxylic acids is 8. The number of likely N-dealkylation sites (N-methyl/N-ethyl adjacent to an activating group) is 2. The molecule has 10 atom stereocenters. The predicted octanol–water partition coefficient (Wildman–Crippen LogP) is 3.39. The van der Waals surface area contributed by atoms with Gasteiger partial charge in [-0.2, -0.15) is 4.73 Å². The summed E-state index contributed by atoms with van der Waals surface area (Å²) in [5.41, 5.74) is -1.56. The summed E-state index contributed by atoms with van der Waals surface area (Å²) in [7, 11) is 9.70. The standard InChI is InChI=1S/C65H71N15O18S5/c1-27(81)44-57(88)76-45(28(2)92-9)60-72-38(26-101-60)56(87)77-48-50-51(98-42-17-65(4,91)52(79(7)8)29(3)97-42)64(90)95-19-30-12-11-13-39-43(30)32(20-94-50)49(80(39)93-10)63(89)96-21-33(68-54(85)36-25-103-62(48)73-36)59-69-34(22-100-59)46-31(58-70-37(24-99-58)55(86)75-44)16-40(82)47(74-46)61-71-35(23-102-61)53(84)67-15-14-66-41(83)18-78(5)6/h11-13,16,22-27,29,33,42,44,48,50-52,81-82,91H,14-15,17-21H2,1-10H3,(H,66,83)(H,67,84)(H,68,85)(H,75,86)(H,76,88)(H,77,87)/b45-28+. The number of methoxy groups -OCH3 is 1. The van der Waals surface area contributed by atoms with E-state index in [1.165, 1.54) is 60.4 Å². The highest BCUT2D eigenvalue weighted by molar-refractivity contribution is 7.14. The molecule has 103 heavy (non-hydrogen) atoms. The number of amides is 6. The molecular formula is C65H71N15O18S5. The maximum Gasteiger partial charge on any atom is 0.358 e. The van der Waals surface area contributed by atoms with E-state index in [0.717, 1.165) is 56.7 Å². The van der Waals surface area contributed by atoms with Gasteiger partial charge in [0, 0.05) is 62.9 Å². The molecule has 0 radical (unpaired) electrons. The van der Waals surface area contributed by atoms with Crippen molar-refractivity contribution in [1.82, 2.24) is 76.3 Å². The number of ether oxygens (including phenoxy) is 6. The summed E-state index contributed by atoms with van der Waals surface area (Å²) in [6.07, 6.45) is -7.40. The molecule has 1 saturated heterocycles. The van der Waals surface area contributed by atoms with Gasteiger partial charge in [-0.15, -0.1) is 56.7 Å². The Kier molecular flexibility index (Phi) is 21.8. The number of thiazole rings is 5. The number of fused-ring (bicyclic) bond motifs is 15. The van der Waals surface area contributed by atoms with Crippen LogP contribution in [0.1, 0.15) is 125 Å². The summed E-state index contributed by atoms with van der Waals surface area (Å²) in [5, 5.41) is 59.5. The van der Waals surface area contributed by atoms with Crippen LogP contribution in [0.2, 0.25) is 0 Å². The Morgan fingerprint density at radius 2 is 1.48 bits per heavy atom. The minimum Gasteiger partial charge on any atom is -0.506 e. The van der Waals surface area contributed by atoms with E-state index in [1.807, 2.05) is 0 Å². The molecule has 12 rings (SSSR count). The average Bonchev–Trinajstić information content (AvgIpc) is 1.62. The molecule has 10 unspecified atom stereocenters. The van der Waals surface area contributed by atoms with Gasteiger partial charge < -0.3 is 90.3 Å². The molecule has 4 aliphatic rings. The SMILES string of the molecule is CO/C(C)=C1/NC(=O)C(C(C)O)NC(=O)c2csc(n2)-c2cc(O)c(-c3nc(C(=O)NCCNC(=O)CN(C)C)cs3)nc2-c2csc(n2)C2COC(=O)c3c4c5c(cccc5n3OC)COC(=O)C(OC3CC(C)(O)C(N(C)C)C(C)O3)C(OC4)C(NC(=O)c3csc1n3)c1nc(cs1)C(=O)N2. The fourth-order valence-electron chi connectivity index (χ4n) is 12.5. The largest absolute Gasteiger partial charge is 0.506 e. The smallest absolute Gasteiger partial charge is 0.358 e. The maximum atomic E-state index is 15.3. The molecule has 0 aliphatic carbocycles. The number of carbonyl (C=O) groups is 8. The summed E-state index contributed by atoms with van der Waals surface area (Å²) >= 11 is 4.70. The van der Waals surface area contributed by atoms with Gasteiger partial charge in [-0.25, -0.2) is 39.5 Å². The number of nitrogens with one attached hydrogen (secondary N) is 6. The van der Waals surface area contributed by atoms with Crippen molar-refractivity contribution in [3.8, 4) is 38.4 Å². The highest BCUT2D eigenvalue weighted by atomic mass is 32.1. The predicted molar refractivity (Wildman–Crippen MR) is 373 cm³/mol. The number of benzene rings is 1. The molecule has 9 N–H and O–H groups in total. The van der Waals surface area contributed by atoms with Crippen LogP contribution in [0.15, 0.2) is 56.9 Å². The summed E-state index contributed by atoms with van der Waals surface area (Å²) in [5.74, 6) is -6.86. The molecule has 7 aromatic heterocycles. The molecule has 6 amide bonds. The van der Waals surface area contributed by atoms with Crippen LogP contribution < -0.4 is 36.7 Å². The number of aromatic hydroxyl groups is 1. The molecule has 12 bridgehead atoms. The second-order valence-corrected chi connectivity index (χ2v) is 29.4. The number of allylic oxidation sites excluding steroid dienone is 1. The Bertz CT molecular complexity index is 4650. The van der Waals surface area contributed by atoms with Gasteiger partial charge in [0.2, 0.25) is 11.8 Å². The average molecular weight is 1510 g/mol. The number of aliphatic hydroxyl groups excluding tert-OH is 1. The number of hydrogen-bond acceptors (Lipinski definition) is 31. The van der Waals surface area contributed by atoms with Gasteiger partial charge in [0.05, 0.1) is 49.6 Å². The second-order valence-electron chi connectivity index (χ2n) is 25.0. The molecule has 1 aromatic carbocycles. The van der Waals surface area contributed by atoms with Crippen LogP contribution in [0.3, 0.4) is 0 Å². The molecule has 544 valence electrons. The molecule has 1 fully saturated rings. The van der Waals surface area contributed by atoms with Gasteiger partial charge in [-0.05, 0) is 73.6 Å². The lowest BCUT2D eigenvalue weighted by Crippen LogP contribution is -2.62. The Balaban J connectivity index is 1.02. The fraction of sp³-hybridized carbons (Fsp3) is 0.415. The first-order valence-corrected chi connectivity index (χ1v) is 36.3. The van der Waals surface area contributed by atoms with Crippen molar-refractivity contribution in [2.24, 2.45) is 0 Å². The van der Waals surface area contributed by atoms with E-state index in [0.29, 0.717) is 16.5 Å². The molecule has 0 saturated carbocycles. The summed E-state index contributed by atoms with van der Waals surface area (Å²) in [6, 6.07) is 1.16. The van der Waals surface area contributed by atoms with Crippen LogP contribution in [0, 0.1) is 0 Å². The van der Waals surface area contributed by atoms with E-state index >= 15 is 19.2 Å². The highest BCUT2D eigenvalue weighted by Crippen LogP contribution is 2.43. The number of nitrogens with zero attached hydrogens (tertiary/aromatic N) is 9. The quantitative estimate of drug-likeness (QED) is 0.0454. The van der Waals surface area contributed by atoms with E-state index in [1.54, 1.807) is 75.4 Å². The molecule has 0 spiro atoms. The van der Waals surface area contributed by atoms with Crippen molar-refractivity contribution in [1.29, 1.82) is 0 Å². The first kappa shape index (κ1) is 73.4. The van der Waals surface area contributed by atoms with Gasteiger partial charge >= 0.3 is 11.9 Å². The summed E-state index contributed by atoms with van der Waals surface area (Å²) < 4.78 is 39.3. The third-order valence-electron chi connectivity index (χ3n) is 17.1. The van der Waals surface area contributed by atoms with E-state index < -0.39 is 128 Å². The Labute approximate surface area is 606 Å². The lowest BCUT2D eigenvalue weighted by atomic mass is 9.85. The first-order valence-electron chi connectivity index (χ1n) is 31.9. The number of esters is 2. The zero-order valence-corrected chi connectivity index (χ0v) is 61.0. The van der Waals surface area contributed by atoms with Crippen LogP contribution >= 0.6 is 56.7 Å². The van der Waals surface area contributed by atoms with E-state index in [9.17, 15) is 34.5 Å². The molecule has 38 heteroatoms. The zero-order valence-electron chi connectivity index (χ0n) is 56.9. The third kappa shape index (κ3) is 15.4. The van der Waals surface area contributed by atoms with Crippen molar-refractivity contribution < 1.29 is 86.9 Å². The number of pyridine rings is 1. The molecule has 4 aliphatic heterocycles. The van der Waals surface area contributed by atoms with Crippen LogP contribution in [0.4, 0.5) is 0 Å². The van der Waals surface area contributed by atoms with Crippen molar-refractivity contribution in [3.63, 3.8) is 0 Å².